The van der Waals surface area contributed by atoms with E-state index in [2.05, 4.69) is 16.9 Å². The van der Waals surface area contributed by atoms with Crippen LogP contribution in [0, 0.1) is 0 Å². The molecule has 1 aromatic carbocycles. The number of aromatic nitrogens is 2. The molecule has 0 radical (unpaired) electrons. The average molecular weight is 283 g/mol. The van der Waals surface area contributed by atoms with Crippen molar-refractivity contribution in [3.8, 4) is 11.6 Å². The first-order valence-electron chi connectivity index (χ1n) is 5.64. The molecule has 2 aromatic rings. The van der Waals surface area contributed by atoms with Gasteiger partial charge in [0.15, 0.2) is 0 Å². The van der Waals surface area contributed by atoms with Gasteiger partial charge in [-0.05, 0) is 18.6 Å². The van der Waals surface area contributed by atoms with Gasteiger partial charge in [0.25, 0.3) is 0 Å². The van der Waals surface area contributed by atoms with Crippen molar-refractivity contribution in [2.45, 2.75) is 19.8 Å². The molecule has 0 saturated carbocycles. The van der Waals surface area contributed by atoms with Gasteiger partial charge < -0.3 is 4.74 Å². The third kappa shape index (κ3) is 2.92. The summed E-state index contributed by atoms with van der Waals surface area (Å²) in [4.78, 5) is 8.08. The van der Waals surface area contributed by atoms with Crippen LogP contribution in [0.3, 0.4) is 0 Å². The lowest BCUT2D eigenvalue weighted by atomic mass is 10.2. The lowest BCUT2D eigenvalue weighted by molar-refractivity contribution is 0.454. The van der Waals surface area contributed by atoms with E-state index in [1.807, 2.05) is 12.1 Å². The van der Waals surface area contributed by atoms with Crippen molar-refractivity contribution in [3.05, 3.63) is 46.3 Å². The molecule has 0 atom stereocenters. The maximum atomic E-state index is 6.05. The van der Waals surface area contributed by atoms with E-state index in [9.17, 15) is 0 Å². The molecule has 1 aromatic heterocycles. The molecule has 2 rings (SSSR count). The second-order valence-corrected chi connectivity index (χ2v) is 4.50. The summed E-state index contributed by atoms with van der Waals surface area (Å²) in [6.45, 7) is 2.06. The Balaban J connectivity index is 2.34. The van der Waals surface area contributed by atoms with Crippen molar-refractivity contribution < 1.29 is 4.74 Å². The lowest BCUT2D eigenvalue weighted by Crippen LogP contribution is -1.98. The minimum atomic E-state index is 0.425. The summed E-state index contributed by atoms with van der Waals surface area (Å²) in [6.07, 6.45) is 3.08. The first kappa shape index (κ1) is 13.1. The molecule has 0 spiro atoms. The summed E-state index contributed by atoms with van der Waals surface area (Å²) in [5.41, 5.74) is 0.807. The Labute approximate surface area is 116 Å². The van der Waals surface area contributed by atoms with E-state index in [-0.39, 0.29) is 0 Å². The smallest absolute Gasteiger partial charge is 0.227 e. The van der Waals surface area contributed by atoms with Crippen molar-refractivity contribution in [2.75, 3.05) is 0 Å². The predicted molar refractivity (Wildman–Crippen MR) is 72.6 cm³/mol. The number of benzene rings is 1. The zero-order valence-electron chi connectivity index (χ0n) is 9.86. The second-order valence-electron chi connectivity index (χ2n) is 3.73. The average Bonchev–Trinajstić information content (AvgIpc) is 2.36. The van der Waals surface area contributed by atoms with E-state index < -0.39 is 0 Å². The Kier molecular flexibility index (Phi) is 4.39. The molecule has 18 heavy (non-hydrogen) atoms. The predicted octanol–water partition coefficient (Wildman–Crippen LogP) is 4.53. The van der Waals surface area contributed by atoms with E-state index >= 15 is 0 Å². The van der Waals surface area contributed by atoms with Crippen molar-refractivity contribution in [2.24, 2.45) is 0 Å². The molecule has 0 aliphatic rings. The van der Waals surface area contributed by atoms with E-state index in [0.717, 1.165) is 18.4 Å². The molecular weight excluding hydrogens is 271 g/mol. The van der Waals surface area contributed by atoms with Crippen LogP contribution in [0.2, 0.25) is 10.2 Å². The largest absolute Gasteiger partial charge is 0.437 e. The Morgan fingerprint density at radius 2 is 1.94 bits per heavy atom. The molecule has 0 unspecified atom stereocenters. The summed E-state index contributed by atoms with van der Waals surface area (Å²) in [7, 11) is 0. The molecule has 5 heteroatoms. The number of rotatable bonds is 4. The van der Waals surface area contributed by atoms with Crippen LogP contribution in [0.25, 0.3) is 0 Å². The topological polar surface area (TPSA) is 35.0 Å². The van der Waals surface area contributed by atoms with Crippen molar-refractivity contribution in [1.82, 2.24) is 9.97 Å². The van der Waals surface area contributed by atoms with Gasteiger partial charge in [0.1, 0.15) is 17.2 Å². The number of ether oxygens (including phenoxy) is 1. The monoisotopic (exact) mass is 282 g/mol. The molecular formula is C13H12Cl2N2O. The summed E-state index contributed by atoms with van der Waals surface area (Å²) in [5.74, 6) is 1.02. The van der Waals surface area contributed by atoms with E-state index in [1.165, 1.54) is 6.33 Å². The third-order valence-corrected chi connectivity index (χ3v) is 3.03. The molecule has 0 amide bonds. The third-order valence-electron chi connectivity index (χ3n) is 2.40. The molecule has 0 aliphatic heterocycles. The maximum Gasteiger partial charge on any atom is 0.227 e. The van der Waals surface area contributed by atoms with Gasteiger partial charge in [0.2, 0.25) is 5.88 Å². The molecule has 0 fully saturated rings. The molecule has 0 bridgehead atoms. The van der Waals surface area contributed by atoms with Crippen LogP contribution in [0.4, 0.5) is 0 Å². The van der Waals surface area contributed by atoms with Gasteiger partial charge in [-0.2, -0.15) is 0 Å². The maximum absolute atomic E-state index is 6.05. The normalized spacial score (nSPS) is 10.4. The van der Waals surface area contributed by atoms with E-state index in [1.54, 1.807) is 12.1 Å². The van der Waals surface area contributed by atoms with Gasteiger partial charge >= 0.3 is 0 Å². The van der Waals surface area contributed by atoms with Crippen LogP contribution < -0.4 is 4.74 Å². The van der Waals surface area contributed by atoms with E-state index in [0.29, 0.717) is 21.8 Å². The van der Waals surface area contributed by atoms with Gasteiger partial charge in [-0.3, -0.25) is 0 Å². The zero-order chi connectivity index (χ0) is 13.0. The van der Waals surface area contributed by atoms with Crippen LogP contribution in [0.5, 0.6) is 11.6 Å². The molecule has 0 saturated heterocycles. The molecule has 3 nitrogen and oxygen atoms in total. The Morgan fingerprint density at radius 3 is 2.67 bits per heavy atom. The minimum absolute atomic E-state index is 0.425. The Morgan fingerprint density at radius 1 is 1.17 bits per heavy atom. The van der Waals surface area contributed by atoms with Crippen LogP contribution in [-0.4, -0.2) is 9.97 Å². The van der Waals surface area contributed by atoms with E-state index in [4.69, 9.17) is 27.9 Å². The van der Waals surface area contributed by atoms with Crippen molar-refractivity contribution in [1.29, 1.82) is 0 Å². The number of hydrogen-bond acceptors (Lipinski definition) is 3. The van der Waals surface area contributed by atoms with Crippen molar-refractivity contribution in [3.63, 3.8) is 0 Å². The van der Waals surface area contributed by atoms with Gasteiger partial charge in [0.05, 0.1) is 10.6 Å². The quantitative estimate of drug-likeness (QED) is 0.773. The summed E-state index contributed by atoms with van der Waals surface area (Å²) >= 11 is 12.1. The van der Waals surface area contributed by atoms with Gasteiger partial charge in [-0.15, -0.1) is 0 Å². The van der Waals surface area contributed by atoms with Crippen LogP contribution in [0.1, 0.15) is 18.9 Å². The lowest BCUT2D eigenvalue weighted by Gasteiger charge is -2.10. The summed E-state index contributed by atoms with van der Waals surface area (Å²) in [5, 5.41) is 0.962. The minimum Gasteiger partial charge on any atom is -0.437 e. The highest BCUT2D eigenvalue weighted by Gasteiger charge is 2.12. The molecule has 0 aliphatic carbocycles. The fourth-order valence-electron chi connectivity index (χ4n) is 1.56. The standard InChI is InChI=1S/C13H12Cl2N2O/c1-2-5-9-12(15)16-8-17-13(9)18-11-7-4-3-6-10(11)14/h3-4,6-8H,2,5H2,1H3. The van der Waals surface area contributed by atoms with Gasteiger partial charge in [0, 0.05) is 0 Å². The highest BCUT2D eigenvalue weighted by molar-refractivity contribution is 6.32. The summed E-state index contributed by atoms with van der Waals surface area (Å²) in [6, 6.07) is 7.24. The number of halogens is 2. The molecule has 94 valence electrons. The Hall–Kier alpha value is -1.32. The SMILES string of the molecule is CCCc1c(Cl)ncnc1Oc1ccccc1Cl. The number of nitrogens with zero attached hydrogens (tertiary/aromatic N) is 2. The first-order chi connectivity index (χ1) is 8.72. The second kappa shape index (κ2) is 6.03. The zero-order valence-corrected chi connectivity index (χ0v) is 11.4. The van der Waals surface area contributed by atoms with Gasteiger partial charge in [-0.1, -0.05) is 48.7 Å². The number of hydrogen-bond donors (Lipinski definition) is 0. The van der Waals surface area contributed by atoms with Crippen LogP contribution in [-0.2, 0) is 6.42 Å². The van der Waals surface area contributed by atoms with Crippen LogP contribution in [0.15, 0.2) is 30.6 Å². The van der Waals surface area contributed by atoms with Crippen molar-refractivity contribution >= 4 is 23.2 Å². The fraction of sp³-hybridized carbons (Fsp3) is 0.231. The highest BCUT2D eigenvalue weighted by atomic mass is 35.5. The number of para-hydroxylation sites is 1. The Bertz CT molecular complexity index is 546. The molecule has 1 heterocycles. The fourth-order valence-corrected chi connectivity index (χ4v) is 1.95. The summed E-state index contributed by atoms with van der Waals surface area (Å²) < 4.78 is 5.71. The van der Waals surface area contributed by atoms with Gasteiger partial charge in [-0.25, -0.2) is 9.97 Å². The first-order valence-corrected chi connectivity index (χ1v) is 6.39. The van der Waals surface area contributed by atoms with Crippen LogP contribution >= 0.6 is 23.2 Å². The highest BCUT2D eigenvalue weighted by Crippen LogP contribution is 2.31. The molecule has 0 N–H and O–H groups in total.